The molecular weight excluding hydrogens is 694 g/mol. The molecule has 2 aliphatic heterocycles. The molecule has 1 fully saturated rings. The zero-order valence-electron chi connectivity index (χ0n) is 29.3. The number of ether oxygens (including phenoxy) is 2. The van der Waals surface area contributed by atoms with E-state index in [-0.39, 0.29) is 35.3 Å². The van der Waals surface area contributed by atoms with Crippen molar-refractivity contribution in [1.82, 2.24) is 4.72 Å². The minimum absolute atomic E-state index is 0.0112. The van der Waals surface area contributed by atoms with E-state index in [0.29, 0.717) is 42.5 Å². The number of carbonyl (C=O) groups is 1. The number of rotatable bonds is 3. The van der Waals surface area contributed by atoms with Gasteiger partial charge in [-0.15, -0.1) is 0 Å². The number of carbonyl (C=O) groups excluding carboxylic acids is 1. The van der Waals surface area contributed by atoms with Gasteiger partial charge in [0.15, 0.2) is 0 Å². The Kier molecular flexibility index (Phi) is 9.73. The maximum atomic E-state index is 14.1. The van der Waals surface area contributed by atoms with Crippen molar-refractivity contribution >= 4 is 33.2 Å². The zero-order valence-corrected chi connectivity index (χ0v) is 30.8. The number of anilines is 1. The molecule has 11 heteroatoms. The van der Waals surface area contributed by atoms with E-state index < -0.39 is 38.4 Å². The Bertz CT molecular complexity index is 1950. The summed E-state index contributed by atoms with van der Waals surface area (Å²) in [6.07, 6.45) is 9.03. The van der Waals surface area contributed by atoms with Gasteiger partial charge >= 0.3 is 0 Å². The van der Waals surface area contributed by atoms with Gasteiger partial charge in [0.1, 0.15) is 17.4 Å². The maximum Gasteiger partial charge on any atom is 0.264 e. The van der Waals surface area contributed by atoms with Crippen LogP contribution in [-0.4, -0.2) is 44.9 Å². The van der Waals surface area contributed by atoms with Crippen molar-refractivity contribution in [1.29, 1.82) is 0 Å². The third-order valence-corrected chi connectivity index (χ3v) is 14.0. The van der Waals surface area contributed by atoms with Gasteiger partial charge in [-0.3, -0.25) is 4.79 Å². The third-order valence-electron chi connectivity index (χ3n) is 11.9. The number of allylic oxidation sites excluding steroid dienone is 1. The van der Waals surface area contributed by atoms with Gasteiger partial charge in [-0.2, -0.15) is 0 Å². The van der Waals surface area contributed by atoms with Crippen molar-refractivity contribution < 1.29 is 31.5 Å². The molecule has 1 spiro atoms. The van der Waals surface area contributed by atoms with Crippen LogP contribution >= 0.6 is 11.6 Å². The van der Waals surface area contributed by atoms with E-state index in [1.165, 1.54) is 23.3 Å². The average Bonchev–Trinajstić information content (AvgIpc) is 3.21. The molecule has 3 aromatic rings. The summed E-state index contributed by atoms with van der Waals surface area (Å²) < 4.78 is 70.8. The Hall–Kier alpha value is -3.47. The van der Waals surface area contributed by atoms with E-state index in [1.807, 2.05) is 32.1 Å². The summed E-state index contributed by atoms with van der Waals surface area (Å²) in [5.74, 6) is -1.44. The van der Waals surface area contributed by atoms with Crippen molar-refractivity contribution in [2.45, 2.75) is 82.2 Å². The first-order valence-electron chi connectivity index (χ1n) is 17.9. The fraction of sp³-hybridized carbons (Fsp3) is 0.475. The monoisotopic (exact) mass is 738 g/mol. The molecule has 3 aromatic carbocycles. The van der Waals surface area contributed by atoms with E-state index in [0.717, 1.165) is 43.9 Å². The number of aryl methyl sites for hydroxylation is 1. The summed E-state index contributed by atoms with van der Waals surface area (Å²) in [6.45, 7) is 7.20. The lowest BCUT2D eigenvalue weighted by atomic mass is 9.64. The normalized spacial score (nSPS) is 30.9. The molecule has 1 N–H and O–H groups in total. The van der Waals surface area contributed by atoms with Gasteiger partial charge in [-0.25, -0.2) is 21.9 Å². The Morgan fingerprint density at radius 2 is 1.84 bits per heavy atom. The molecule has 2 heterocycles. The number of benzene rings is 3. The first-order chi connectivity index (χ1) is 24.2. The van der Waals surface area contributed by atoms with Crippen molar-refractivity contribution in [3.8, 4) is 5.75 Å². The highest BCUT2D eigenvalue weighted by Crippen LogP contribution is 2.49. The van der Waals surface area contributed by atoms with Crippen molar-refractivity contribution in [3.05, 3.63) is 106 Å². The lowest BCUT2D eigenvalue weighted by molar-refractivity contribution is -0.0948. The lowest BCUT2D eigenvalue weighted by Crippen LogP contribution is -2.52. The topological polar surface area (TPSA) is 84.9 Å². The highest BCUT2D eigenvalue weighted by molar-refractivity contribution is 7.90. The SMILES string of the molecule is C[C@@H]1[C@@H](C)C/C=C/[C@](C)(OCc2cc(F)cc(F)c2)[C@@H]2CC[C@H]2CN2C[C@@]3(CCCc4cc(Cl)ccc43)COc3ccc(cc32)C(=O)NS1(=O)=O. The molecule has 272 valence electrons. The molecular formula is C40H45ClF2N2O5S. The number of hydrogen-bond donors (Lipinski definition) is 1. The standard InChI is InChI=1S/C40H45ClF2N2O5S/c1-25-6-4-14-39(3,50-22-27-16-32(42)20-33(43)17-27)34-11-8-30(34)21-45-23-40(15-5-7-28-18-31(41)10-12-35(28)40)24-49-37-13-9-29(19-36(37)45)38(46)44-51(47,48)26(25)2/h4,9-10,12-14,16-20,25-26,30,34H,5-8,11,15,21-24H2,1-3H3,(H,44,46)/b14-4+/t25-,26+,30-,34+,39-,40-/m0/s1. The number of halogens is 3. The van der Waals surface area contributed by atoms with Crippen LogP contribution in [0.25, 0.3) is 0 Å². The molecule has 0 aromatic heterocycles. The van der Waals surface area contributed by atoms with Crippen molar-refractivity contribution in [3.63, 3.8) is 0 Å². The van der Waals surface area contributed by atoms with Crippen LogP contribution in [0.2, 0.25) is 5.02 Å². The van der Waals surface area contributed by atoms with Crippen LogP contribution in [-0.2, 0) is 33.2 Å². The second-order valence-electron chi connectivity index (χ2n) is 15.3. The minimum atomic E-state index is -4.02. The number of nitrogens with zero attached hydrogens (tertiary/aromatic N) is 1. The highest BCUT2D eigenvalue weighted by atomic mass is 35.5. The molecule has 2 aliphatic carbocycles. The average molecular weight is 739 g/mol. The summed E-state index contributed by atoms with van der Waals surface area (Å²) in [5, 5.41) is -0.160. The summed E-state index contributed by atoms with van der Waals surface area (Å²) in [7, 11) is -4.02. The molecule has 7 nitrogen and oxygen atoms in total. The van der Waals surface area contributed by atoms with Crippen LogP contribution < -0.4 is 14.4 Å². The van der Waals surface area contributed by atoms with Gasteiger partial charge in [-0.1, -0.05) is 36.7 Å². The van der Waals surface area contributed by atoms with E-state index in [2.05, 4.69) is 21.8 Å². The van der Waals surface area contributed by atoms with Gasteiger partial charge in [-0.05, 0) is 129 Å². The van der Waals surface area contributed by atoms with Crippen LogP contribution in [0, 0.1) is 29.4 Å². The molecule has 0 saturated heterocycles. The molecule has 0 radical (unpaired) electrons. The molecule has 6 atom stereocenters. The molecule has 51 heavy (non-hydrogen) atoms. The largest absolute Gasteiger partial charge is 0.490 e. The van der Waals surface area contributed by atoms with Crippen molar-refractivity contribution in [2.75, 3.05) is 24.6 Å². The first kappa shape index (κ1) is 35.9. The number of sulfonamides is 1. The predicted octanol–water partition coefficient (Wildman–Crippen LogP) is 8.14. The van der Waals surface area contributed by atoms with E-state index >= 15 is 0 Å². The molecule has 1 saturated carbocycles. The summed E-state index contributed by atoms with van der Waals surface area (Å²) in [6, 6.07) is 14.7. The second-order valence-corrected chi connectivity index (χ2v) is 17.8. The quantitative estimate of drug-likeness (QED) is 0.273. The smallest absolute Gasteiger partial charge is 0.264 e. The minimum Gasteiger partial charge on any atom is -0.490 e. The fourth-order valence-electron chi connectivity index (χ4n) is 8.59. The Balaban J connectivity index is 1.30. The highest BCUT2D eigenvalue weighted by Gasteiger charge is 2.47. The Morgan fingerprint density at radius 1 is 1.06 bits per heavy atom. The fourth-order valence-corrected chi connectivity index (χ4v) is 10.1. The van der Waals surface area contributed by atoms with Crippen LogP contribution in [0.5, 0.6) is 5.75 Å². The Labute approximate surface area is 304 Å². The lowest BCUT2D eigenvalue weighted by Gasteiger charge is -2.50. The molecule has 1 amide bonds. The summed E-state index contributed by atoms with van der Waals surface area (Å²) in [4.78, 5) is 15.9. The van der Waals surface area contributed by atoms with Gasteiger partial charge in [0.05, 0.1) is 29.8 Å². The zero-order chi connectivity index (χ0) is 36.1. The van der Waals surface area contributed by atoms with Gasteiger partial charge in [0.2, 0.25) is 10.0 Å². The predicted molar refractivity (Wildman–Crippen MR) is 195 cm³/mol. The third kappa shape index (κ3) is 7.16. The van der Waals surface area contributed by atoms with Gasteiger partial charge < -0.3 is 14.4 Å². The van der Waals surface area contributed by atoms with E-state index in [4.69, 9.17) is 21.1 Å². The van der Waals surface area contributed by atoms with Gasteiger partial charge in [0, 0.05) is 35.2 Å². The van der Waals surface area contributed by atoms with Crippen LogP contribution in [0.15, 0.2) is 66.7 Å². The number of amides is 1. The number of hydrogen-bond acceptors (Lipinski definition) is 6. The van der Waals surface area contributed by atoms with Crippen molar-refractivity contribution in [2.24, 2.45) is 17.8 Å². The number of nitrogens with one attached hydrogen (secondary N) is 1. The molecule has 7 rings (SSSR count). The van der Waals surface area contributed by atoms with Gasteiger partial charge in [0.25, 0.3) is 5.91 Å². The van der Waals surface area contributed by atoms with Crippen LogP contribution in [0.4, 0.5) is 14.5 Å². The number of fused-ring (bicyclic) bond motifs is 4. The van der Waals surface area contributed by atoms with Crippen LogP contribution in [0.3, 0.4) is 0 Å². The molecule has 2 bridgehead atoms. The molecule has 0 unspecified atom stereocenters. The van der Waals surface area contributed by atoms with E-state index in [1.54, 1.807) is 25.1 Å². The first-order valence-corrected chi connectivity index (χ1v) is 19.8. The summed E-state index contributed by atoms with van der Waals surface area (Å²) >= 11 is 6.45. The second kappa shape index (κ2) is 13.8. The maximum absolute atomic E-state index is 14.1. The Morgan fingerprint density at radius 3 is 2.59 bits per heavy atom. The summed E-state index contributed by atoms with van der Waals surface area (Å²) in [5.41, 5.74) is 2.67. The molecule has 4 aliphatic rings. The van der Waals surface area contributed by atoms with E-state index in [9.17, 15) is 22.0 Å². The van der Waals surface area contributed by atoms with Crippen LogP contribution in [0.1, 0.15) is 79.9 Å².